The molecule has 0 aromatic carbocycles. The molecule has 36 valence electrons. The molecule has 0 N–H and O–H groups in total. The van der Waals surface area contributed by atoms with E-state index in [-0.39, 0.29) is 21.7 Å². The Morgan fingerprint density at radius 3 is 2.00 bits per heavy atom. The van der Waals surface area contributed by atoms with Crippen molar-refractivity contribution in [3.05, 3.63) is 24.3 Å². The Morgan fingerprint density at radius 1 is 1.57 bits per heavy atom. The fraction of sp³-hybridized carbons (Fsp3) is 0.333. The van der Waals surface area contributed by atoms with Gasteiger partial charge >= 0.3 is 21.7 Å². The van der Waals surface area contributed by atoms with E-state index in [1.807, 2.05) is 19.9 Å². The monoisotopic (exact) mass is 129 g/mol. The zero-order chi connectivity index (χ0) is 4.99. The molecular formula is C6H9Ti+. The second kappa shape index (κ2) is 6.19. The van der Waals surface area contributed by atoms with Crippen LogP contribution in [0.25, 0.3) is 0 Å². The van der Waals surface area contributed by atoms with Gasteiger partial charge in [0, 0.05) is 0 Å². The summed E-state index contributed by atoms with van der Waals surface area (Å²) in [7, 11) is 0. The van der Waals surface area contributed by atoms with E-state index < -0.39 is 0 Å². The number of allylic oxidation sites excluding steroid dienone is 3. The zero-order valence-corrected chi connectivity index (χ0v) is 6.29. The van der Waals surface area contributed by atoms with Gasteiger partial charge in [-0.2, -0.15) is 6.08 Å². The molecule has 0 saturated carbocycles. The molecule has 0 bridgehead atoms. The van der Waals surface area contributed by atoms with Gasteiger partial charge in [0.15, 0.2) is 0 Å². The van der Waals surface area contributed by atoms with Crippen molar-refractivity contribution in [2.75, 3.05) is 0 Å². The van der Waals surface area contributed by atoms with Crippen LogP contribution < -0.4 is 0 Å². The largest absolute Gasteiger partial charge is 2.00 e. The third-order valence-electron chi connectivity index (χ3n) is 0.718. The van der Waals surface area contributed by atoms with Gasteiger partial charge in [-0.05, 0) is 0 Å². The van der Waals surface area contributed by atoms with Gasteiger partial charge in [0.2, 0.25) is 0 Å². The summed E-state index contributed by atoms with van der Waals surface area (Å²) < 4.78 is 0. The van der Waals surface area contributed by atoms with Crippen molar-refractivity contribution in [2.24, 2.45) is 0 Å². The van der Waals surface area contributed by atoms with Crippen molar-refractivity contribution < 1.29 is 21.7 Å². The van der Waals surface area contributed by atoms with E-state index in [0.29, 0.717) is 0 Å². The summed E-state index contributed by atoms with van der Waals surface area (Å²) in [4.78, 5) is 0. The first kappa shape index (κ1) is 10.2. The van der Waals surface area contributed by atoms with Crippen LogP contribution in [0.5, 0.6) is 0 Å². The summed E-state index contributed by atoms with van der Waals surface area (Å²) in [5.41, 5.74) is 1.12. The Bertz CT molecular complexity index is 72.2. The quantitative estimate of drug-likeness (QED) is 0.288. The molecule has 0 aliphatic rings. The third kappa shape index (κ3) is 6.19. The van der Waals surface area contributed by atoms with Crippen LogP contribution in [0, 0.1) is 6.58 Å². The molecule has 0 aromatic heterocycles. The van der Waals surface area contributed by atoms with Gasteiger partial charge in [0.25, 0.3) is 0 Å². The van der Waals surface area contributed by atoms with Crippen LogP contribution in [0.3, 0.4) is 0 Å². The summed E-state index contributed by atoms with van der Waals surface area (Å²) >= 11 is 0. The van der Waals surface area contributed by atoms with Crippen LogP contribution in [0.4, 0.5) is 0 Å². The van der Waals surface area contributed by atoms with Gasteiger partial charge in [0.05, 0.1) is 0 Å². The molecule has 0 amide bonds. The van der Waals surface area contributed by atoms with Gasteiger partial charge in [-0.1, -0.05) is 6.92 Å². The Kier molecular flexibility index (Phi) is 9.05. The molecule has 0 aliphatic carbocycles. The molecule has 0 heterocycles. The Morgan fingerprint density at radius 2 is 2.00 bits per heavy atom. The summed E-state index contributed by atoms with van der Waals surface area (Å²) in [6.45, 7) is 9.00. The number of hydrogen-bond donors (Lipinski definition) is 0. The van der Waals surface area contributed by atoms with E-state index >= 15 is 0 Å². The molecule has 7 heavy (non-hydrogen) atoms. The summed E-state index contributed by atoms with van der Waals surface area (Å²) in [6.07, 6.45) is 3.54. The van der Waals surface area contributed by atoms with E-state index in [1.54, 1.807) is 6.08 Å². The first-order valence-electron chi connectivity index (χ1n) is 1.99. The number of hydrogen-bond acceptors (Lipinski definition) is 0. The first-order valence-corrected chi connectivity index (χ1v) is 1.99. The van der Waals surface area contributed by atoms with Crippen LogP contribution in [0.1, 0.15) is 13.8 Å². The average Bonchev–Trinajstić information content (AvgIpc) is 1.65. The van der Waals surface area contributed by atoms with Crippen LogP contribution in [-0.4, -0.2) is 0 Å². The summed E-state index contributed by atoms with van der Waals surface area (Å²) in [5, 5.41) is 0. The zero-order valence-electron chi connectivity index (χ0n) is 4.73. The van der Waals surface area contributed by atoms with Gasteiger partial charge in [-0.15, -0.1) is 6.92 Å². The van der Waals surface area contributed by atoms with E-state index in [0.717, 1.165) is 5.57 Å². The standard InChI is InChI=1S/C6H9.Ti/c1-4-6(3)5-2;/h1,4-5H,2-3H3;/q-1;+2/b6-5+;. The molecule has 0 spiro atoms. The molecule has 0 aliphatic heterocycles. The Hall–Kier alpha value is 0.194. The summed E-state index contributed by atoms with van der Waals surface area (Å²) in [5.74, 6) is 0. The predicted octanol–water partition coefficient (Wildman–Crippen LogP) is 1.94. The molecule has 0 nitrogen and oxygen atoms in total. The Balaban J connectivity index is 0. The van der Waals surface area contributed by atoms with Crippen LogP contribution in [-0.2, 0) is 21.7 Å². The average molecular weight is 129 g/mol. The second-order valence-corrected chi connectivity index (χ2v) is 1.20. The smallest absolute Gasteiger partial charge is 0.293 e. The topological polar surface area (TPSA) is 0 Å². The molecule has 0 unspecified atom stereocenters. The molecule has 0 rings (SSSR count). The SMILES string of the molecule is [CH-]=C/C(C)=C/C.[Ti+2]. The van der Waals surface area contributed by atoms with Crippen LogP contribution >= 0.6 is 0 Å². The maximum absolute atomic E-state index is 5.09. The predicted molar refractivity (Wildman–Crippen MR) is 28.3 cm³/mol. The van der Waals surface area contributed by atoms with Crippen molar-refractivity contribution >= 4 is 0 Å². The fourth-order valence-electron chi connectivity index (χ4n) is 0.0962. The van der Waals surface area contributed by atoms with Crippen LogP contribution in [0.2, 0.25) is 0 Å². The van der Waals surface area contributed by atoms with E-state index in [2.05, 4.69) is 0 Å². The molecule has 0 atom stereocenters. The van der Waals surface area contributed by atoms with Crippen LogP contribution in [0.15, 0.2) is 17.7 Å². The van der Waals surface area contributed by atoms with Gasteiger partial charge in [-0.25, -0.2) is 11.6 Å². The maximum atomic E-state index is 5.09. The fourth-order valence-corrected chi connectivity index (χ4v) is 0.0962. The van der Waals surface area contributed by atoms with Gasteiger partial charge < -0.3 is 0 Å². The van der Waals surface area contributed by atoms with E-state index in [9.17, 15) is 0 Å². The Labute approximate surface area is 60.2 Å². The molecule has 1 heteroatoms. The van der Waals surface area contributed by atoms with Gasteiger partial charge in [-0.3, -0.25) is 6.58 Å². The molecular weight excluding hydrogens is 120 g/mol. The molecule has 0 fully saturated rings. The minimum absolute atomic E-state index is 0. The first-order chi connectivity index (χ1) is 2.81. The molecule has 0 saturated heterocycles. The third-order valence-corrected chi connectivity index (χ3v) is 0.718. The second-order valence-electron chi connectivity index (χ2n) is 1.20. The summed E-state index contributed by atoms with van der Waals surface area (Å²) in [6, 6.07) is 0. The van der Waals surface area contributed by atoms with Gasteiger partial charge in [0.1, 0.15) is 0 Å². The van der Waals surface area contributed by atoms with E-state index in [4.69, 9.17) is 6.58 Å². The normalized spacial score (nSPS) is 9.71. The van der Waals surface area contributed by atoms with Crippen molar-refractivity contribution in [1.29, 1.82) is 0 Å². The van der Waals surface area contributed by atoms with Crippen molar-refractivity contribution in [2.45, 2.75) is 13.8 Å². The molecule has 0 aromatic rings. The number of rotatable bonds is 1. The van der Waals surface area contributed by atoms with Crippen molar-refractivity contribution in [1.82, 2.24) is 0 Å². The van der Waals surface area contributed by atoms with Crippen molar-refractivity contribution in [3.63, 3.8) is 0 Å². The minimum Gasteiger partial charge on any atom is -0.293 e. The maximum Gasteiger partial charge on any atom is 2.00 e. The minimum atomic E-state index is 0. The van der Waals surface area contributed by atoms with E-state index in [1.165, 1.54) is 0 Å². The van der Waals surface area contributed by atoms with Crippen molar-refractivity contribution in [3.8, 4) is 0 Å². The molecule has 0 radical (unpaired) electrons.